The molecule has 0 N–H and O–H groups in total. The van der Waals surface area contributed by atoms with Gasteiger partial charge in [-0.15, -0.1) is 0 Å². The lowest BCUT2D eigenvalue weighted by Crippen LogP contribution is -2.23. The second-order valence-corrected chi connectivity index (χ2v) is 5.78. The molecule has 1 aliphatic heterocycles. The Labute approximate surface area is 120 Å². The van der Waals surface area contributed by atoms with Crippen molar-refractivity contribution in [1.29, 1.82) is 0 Å². The van der Waals surface area contributed by atoms with E-state index in [2.05, 4.69) is 14.9 Å². The Morgan fingerprint density at radius 1 is 1.50 bits per heavy atom. The highest BCUT2D eigenvalue weighted by atomic mass is 32.1. The number of aryl methyl sites for hydroxylation is 1. The molecule has 0 amide bonds. The summed E-state index contributed by atoms with van der Waals surface area (Å²) in [6.07, 6.45) is 3.39. The Kier molecular flexibility index (Phi) is 3.35. The first kappa shape index (κ1) is 13.0. The molecule has 1 unspecified atom stereocenters. The van der Waals surface area contributed by atoms with Crippen molar-refractivity contribution in [2.45, 2.75) is 25.8 Å². The number of nitro groups is 1. The van der Waals surface area contributed by atoms with Crippen LogP contribution in [-0.2, 0) is 0 Å². The van der Waals surface area contributed by atoms with Crippen LogP contribution in [-0.4, -0.2) is 21.4 Å². The van der Waals surface area contributed by atoms with E-state index in [-0.39, 0.29) is 11.0 Å². The van der Waals surface area contributed by atoms with Gasteiger partial charge < -0.3 is 4.90 Å². The molecule has 7 heteroatoms. The molecule has 0 spiro atoms. The van der Waals surface area contributed by atoms with Gasteiger partial charge in [0.25, 0.3) is 0 Å². The summed E-state index contributed by atoms with van der Waals surface area (Å²) in [5.74, 6) is 0. The maximum absolute atomic E-state index is 10.8. The van der Waals surface area contributed by atoms with E-state index in [1.165, 1.54) is 6.20 Å². The van der Waals surface area contributed by atoms with Gasteiger partial charge in [0.2, 0.25) is 0 Å². The normalized spacial score (nSPS) is 18.4. The van der Waals surface area contributed by atoms with E-state index in [9.17, 15) is 10.1 Å². The summed E-state index contributed by atoms with van der Waals surface area (Å²) in [4.78, 5) is 21.3. The summed E-state index contributed by atoms with van der Waals surface area (Å²) in [6, 6.07) is 6.15. The molecule has 6 nitrogen and oxygen atoms in total. The number of anilines is 1. The molecule has 3 rings (SSSR count). The van der Waals surface area contributed by atoms with Gasteiger partial charge in [0.15, 0.2) is 5.13 Å². The molecule has 2 aromatic rings. The van der Waals surface area contributed by atoms with Crippen LogP contribution in [0.25, 0.3) is 0 Å². The van der Waals surface area contributed by atoms with Crippen molar-refractivity contribution in [2.24, 2.45) is 0 Å². The lowest BCUT2D eigenvalue weighted by atomic mass is 10.1. The van der Waals surface area contributed by atoms with E-state index in [0.29, 0.717) is 5.13 Å². The summed E-state index contributed by atoms with van der Waals surface area (Å²) >= 11 is 1.13. The van der Waals surface area contributed by atoms with Crippen LogP contribution in [0.1, 0.15) is 30.3 Å². The van der Waals surface area contributed by atoms with Gasteiger partial charge in [-0.1, -0.05) is 6.07 Å². The maximum Gasteiger partial charge on any atom is 0.345 e. The minimum absolute atomic E-state index is 0.0860. The fourth-order valence-corrected chi connectivity index (χ4v) is 3.33. The minimum Gasteiger partial charge on any atom is -0.339 e. The van der Waals surface area contributed by atoms with Crippen LogP contribution in [0.15, 0.2) is 24.4 Å². The molecule has 3 heterocycles. The highest BCUT2D eigenvalue weighted by Gasteiger charge is 2.30. The third kappa shape index (κ3) is 2.36. The zero-order valence-corrected chi connectivity index (χ0v) is 11.8. The monoisotopic (exact) mass is 290 g/mol. The Hall–Kier alpha value is -2.02. The van der Waals surface area contributed by atoms with Crippen molar-refractivity contribution in [3.05, 3.63) is 45.9 Å². The Balaban J connectivity index is 1.90. The van der Waals surface area contributed by atoms with E-state index in [1.54, 1.807) is 0 Å². The third-order valence-corrected chi connectivity index (χ3v) is 4.40. The number of pyridine rings is 1. The molecular weight excluding hydrogens is 276 g/mol. The quantitative estimate of drug-likeness (QED) is 0.641. The lowest BCUT2D eigenvalue weighted by Gasteiger charge is -2.23. The van der Waals surface area contributed by atoms with Crippen molar-refractivity contribution in [2.75, 3.05) is 11.4 Å². The van der Waals surface area contributed by atoms with Gasteiger partial charge in [-0.2, -0.15) is 0 Å². The Morgan fingerprint density at radius 3 is 3.05 bits per heavy atom. The lowest BCUT2D eigenvalue weighted by molar-refractivity contribution is -0.380. The average Bonchev–Trinajstić information content (AvgIpc) is 3.07. The van der Waals surface area contributed by atoms with E-state index in [1.807, 2.05) is 25.1 Å². The number of hydrogen-bond donors (Lipinski definition) is 0. The predicted octanol–water partition coefficient (Wildman–Crippen LogP) is 3.10. The second-order valence-electron chi connectivity index (χ2n) is 4.79. The topological polar surface area (TPSA) is 72.2 Å². The molecule has 1 fully saturated rings. The molecule has 0 aliphatic carbocycles. The number of thiazole rings is 1. The van der Waals surface area contributed by atoms with Gasteiger partial charge in [-0.3, -0.25) is 15.1 Å². The standard InChI is InChI=1S/C13H14N4O2S/c1-9-4-2-5-10(15-9)11-6-3-7-16(11)13-14-8-12(20-13)17(18)19/h2,4-5,8,11H,3,6-7H2,1H3. The summed E-state index contributed by atoms with van der Waals surface area (Å²) in [5, 5.41) is 11.6. The highest BCUT2D eigenvalue weighted by Crippen LogP contribution is 2.38. The highest BCUT2D eigenvalue weighted by molar-refractivity contribution is 7.18. The largest absolute Gasteiger partial charge is 0.345 e. The predicted molar refractivity (Wildman–Crippen MR) is 77.1 cm³/mol. The first-order valence-corrected chi connectivity index (χ1v) is 7.27. The summed E-state index contributed by atoms with van der Waals surface area (Å²) in [5.41, 5.74) is 2.00. The van der Waals surface area contributed by atoms with Crippen molar-refractivity contribution in [3.8, 4) is 0 Å². The minimum atomic E-state index is -0.392. The van der Waals surface area contributed by atoms with E-state index < -0.39 is 4.92 Å². The van der Waals surface area contributed by atoms with Gasteiger partial charge in [-0.05, 0) is 43.2 Å². The molecule has 1 aliphatic rings. The zero-order valence-electron chi connectivity index (χ0n) is 11.0. The maximum atomic E-state index is 10.8. The molecule has 0 aromatic carbocycles. The van der Waals surface area contributed by atoms with Crippen LogP contribution in [0.4, 0.5) is 10.1 Å². The van der Waals surface area contributed by atoms with Crippen molar-refractivity contribution in [1.82, 2.24) is 9.97 Å². The molecule has 1 atom stereocenters. The SMILES string of the molecule is Cc1cccc(C2CCCN2c2ncc([N+](=O)[O-])s2)n1. The fourth-order valence-electron chi connectivity index (χ4n) is 2.53. The van der Waals surface area contributed by atoms with Crippen molar-refractivity contribution >= 4 is 21.5 Å². The van der Waals surface area contributed by atoms with Crippen LogP contribution in [0.5, 0.6) is 0 Å². The van der Waals surface area contributed by atoms with E-state index >= 15 is 0 Å². The Bertz CT molecular complexity index is 643. The summed E-state index contributed by atoms with van der Waals surface area (Å²) in [6.45, 7) is 2.84. The number of nitrogens with zero attached hydrogens (tertiary/aromatic N) is 4. The van der Waals surface area contributed by atoms with Crippen LogP contribution >= 0.6 is 11.3 Å². The smallest absolute Gasteiger partial charge is 0.339 e. The summed E-state index contributed by atoms with van der Waals surface area (Å²) in [7, 11) is 0. The molecule has 0 radical (unpaired) electrons. The molecule has 0 bridgehead atoms. The van der Waals surface area contributed by atoms with Crippen LogP contribution in [0.2, 0.25) is 0 Å². The third-order valence-electron chi connectivity index (χ3n) is 3.41. The van der Waals surface area contributed by atoms with E-state index in [4.69, 9.17) is 0 Å². The molecule has 2 aromatic heterocycles. The Morgan fingerprint density at radius 2 is 2.35 bits per heavy atom. The molecule has 1 saturated heterocycles. The first-order chi connectivity index (χ1) is 9.65. The first-order valence-electron chi connectivity index (χ1n) is 6.45. The van der Waals surface area contributed by atoms with Gasteiger partial charge in [0.05, 0.1) is 16.7 Å². The number of aromatic nitrogens is 2. The average molecular weight is 290 g/mol. The van der Waals surface area contributed by atoms with Crippen LogP contribution in [0, 0.1) is 17.0 Å². The van der Waals surface area contributed by atoms with Gasteiger partial charge in [-0.25, -0.2) is 4.98 Å². The number of rotatable bonds is 3. The molecule has 104 valence electrons. The van der Waals surface area contributed by atoms with Crippen LogP contribution < -0.4 is 4.90 Å². The van der Waals surface area contributed by atoms with Gasteiger partial charge in [0.1, 0.15) is 6.20 Å². The van der Waals surface area contributed by atoms with Crippen molar-refractivity contribution in [3.63, 3.8) is 0 Å². The van der Waals surface area contributed by atoms with E-state index in [0.717, 1.165) is 42.1 Å². The number of hydrogen-bond acceptors (Lipinski definition) is 6. The van der Waals surface area contributed by atoms with Gasteiger partial charge >= 0.3 is 5.00 Å². The second kappa shape index (κ2) is 5.16. The molecule has 0 saturated carbocycles. The van der Waals surface area contributed by atoms with Gasteiger partial charge in [0, 0.05) is 12.2 Å². The van der Waals surface area contributed by atoms with Crippen molar-refractivity contribution < 1.29 is 4.92 Å². The summed E-state index contributed by atoms with van der Waals surface area (Å²) < 4.78 is 0. The molecular formula is C13H14N4O2S. The molecule has 20 heavy (non-hydrogen) atoms. The fraction of sp³-hybridized carbons (Fsp3) is 0.385. The zero-order chi connectivity index (χ0) is 14.1. The van der Waals surface area contributed by atoms with Crippen LogP contribution in [0.3, 0.4) is 0 Å².